The van der Waals surface area contributed by atoms with Crippen LogP contribution in [0.5, 0.6) is 0 Å². The fraction of sp³-hybridized carbons (Fsp3) is 0.321. The van der Waals surface area contributed by atoms with E-state index < -0.39 is 30.0 Å². The number of nitrogens with zero attached hydrogens (tertiary/aromatic N) is 2. The van der Waals surface area contributed by atoms with Crippen molar-refractivity contribution in [2.75, 3.05) is 37.7 Å². The number of morpholine rings is 1. The van der Waals surface area contributed by atoms with E-state index in [-0.39, 0.29) is 42.5 Å². The van der Waals surface area contributed by atoms with Crippen molar-refractivity contribution in [2.24, 2.45) is 0 Å². The smallest absolute Gasteiger partial charge is 0.414 e. The Morgan fingerprint density at radius 1 is 1.08 bits per heavy atom. The molecular formula is C28H27FN3O6-. The van der Waals surface area contributed by atoms with Crippen LogP contribution < -0.4 is 10.2 Å². The predicted molar refractivity (Wildman–Crippen MR) is 138 cm³/mol. The molecule has 0 saturated carbocycles. The van der Waals surface area contributed by atoms with Gasteiger partial charge < -0.3 is 25.1 Å². The number of amides is 2. The lowest BCUT2D eigenvalue weighted by Gasteiger charge is -2.30. The molecule has 9 nitrogen and oxygen atoms in total. The van der Waals surface area contributed by atoms with E-state index in [2.05, 4.69) is 5.32 Å². The van der Waals surface area contributed by atoms with Crippen molar-refractivity contribution < 1.29 is 28.2 Å². The number of nitrogens with one attached hydrogen (secondary N) is 1. The second-order valence-corrected chi connectivity index (χ2v) is 9.33. The van der Waals surface area contributed by atoms with Crippen LogP contribution in [0.3, 0.4) is 0 Å². The molecule has 2 fully saturated rings. The number of carbonyl (C=O) groups is 3. The molecule has 2 aliphatic heterocycles. The highest BCUT2D eigenvalue weighted by molar-refractivity contribution is 6.01. The molecule has 2 atom stereocenters. The molecule has 198 valence electrons. The standard InChI is InChI=1S/C28H27FN3O6/c29-24-14-21(7-8-23(24)26-15-30-11-12-37-26)31-16-22(38-28(31)35)17-32(36)27(34)10-9-25(33)20-6-5-18-3-1-2-4-19(18)13-20/h1-8,13-14,22,26,30H,9-12,15-17H2/q-1. The minimum atomic E-state index is -0.881. The molecular weight excluding hydrogens is 493 g/mol. The number of benzene rings is 3. The zero-order chi connectivity index (χ0) is 26.6. The van der Waals surface area contributed by atoms with Crippen LogP contribution in [-0.4, -0.2) is 61.7 Å². The van der Waals surface area contributed by atoms with Crippen molar-refractivity contribution in [1.82, 2.24) is 10.4 Å². The highest BCUT2D eigenvalue weighted by atomic mass is 19.1. The molecule has 3 aromatic carbocycles. The summed E-state index contributed by atoms with van der Waals surface area (Å²) in [6.45, 7) is 1.28. The summed E-state index contributed by atoms with van der Waals surface area (Å²) in [7, 11) is 0. The minimum Gasteiger partial charge on any atom is -0.756 e. The van der Waals surface area contributed by atoms with Crippen LogP contribution >= 0.6 is 0 Å². The summed E-state index contributed by atoms with van der Waals surface area (Å²) in [5.74, 6) is -1.52. The average molecular weight is 521 g/mol. The van der Waals surface area contributed by atoms with Gasteiger partial charge in [0.15, 0.2) is 5.78 Å². The van der Waals surface area contributed by atoms with E-state index in [0.29, 0.717) is 30.8 Å². The molecule has 5 rings (SSSR count). The maximum absolute atomic E-state index is 14.8. The Balaban J connectivity index is 1.14. The van der Waals surface area contributed by atoms with Gasteiger partial charge in [-0.25, -0.2) is 9.18 Å². The molecule has 0 bridgehead atoms. The van der Waals surface area contributed by atoms with Gasteiger partial charge >= 0.3 is 6.09 Å². The lowest BCUT2D eigenvalue weighted by atomic mass is 10.0. The highest BCUT2D eigenvalue weighted by Gasteiger charge is 2.34. The largest absolute Gasteiger partial charge is 0.756 e. The van der Waals surface area contributed by atoms with Gasteiger partial charge in [-0.3, -0.25) is 14.5 Å². The fourth-order valence-corrected chi connectivity index (χ4v) is 4.68. The molecule has 0 aromatic heterocycles. The van der Waals surface area contributed by atoms with E-state index in [4.69, 9.17) is 9.47 Å². The Labute approximate surface area is 218 Å². The van der Waals surface area contributed by atoms with Crippen LogP contribution in [0.2, 0.25) is 0 Å². The van der Waals surface area contributed by atoms with Crippen LogP contribution in [0, 0.1) is 11.0 Å². The van der Waals surface area contributed by atoms with Crippen LogP contribution in [0.15, 0.2) is 60.7 Å². The Kier molecular flexibility index (Phi) is 7.64. The molecule has 2 saturated heterocycles. The van der Waals surface area contributed by atoms with Crippen molar-refractivity contribution in [3.63, 3.8) is 0 Å². The first-order valence-electron chi connectivity index (χ1n) is 12.5. The number of hydrogen-bond acceptors (Lipinski definition) is 7. The summed E-state index contributed by atoms with van der Waals surface area (Å²) in [5.41, 5.74) is 1.14. The summed E-state index contributed by atoms with van der Waals surface area (Å²) >= 11 is 0. The Morgan fingerprint density at radius 2 is 1.89 bits per heavy atom. The number of carbonyl (C=O) groups excluding carboxylic acids is 3. The van der Waals surface area contributed by atoms with Crippen molar-refractivity contribution in [3.05, 3.63) is 82.8 Å². The third-order valence-corrected chi connectivity index (χ3v) is 6.73. The van der Waals surface area contributed by atoms with Crippen LogP contribution in [0.4, 0.5) is 14.9 Å². The Morgan fingerprint density at radius 3 is 2.66 bits per heavy atom. The normalized spacial score (nSPS) is 19.4. The van der Waals surface area contributed by atoms with Gasteiger partial charge in [-0.05, 0) is 29.0 Å². The number of fused-ring (bicyclic) bond motifs is 1. The molecule has 2 aliphatic rings. The molecule has 2 unspecified atom stereocenters. The van der Waals surface area contributed by atoms with Gasteiger partial charge in [-0.15, -0.1) is 0 Å². The van der Waals surface area contributed by atoms with Gasteiger partial charge in [0.25, 0.3) is 0 Å². The first-order chi connectivity index (χ1) is 18.4. The quantitative estimate of drug-likeness (QED) is 0.354. The van der Waals surface area contributed by atoms with Gasteiger partial charge in [0, 0.05) is 43.6 Å². The van der Waals surface area contributed by atoms with Crippen LogP contribution in [0.25, 0.3) is 10.8 Å². The second-order valence-electron chi connectivity index (χ2n) is 9.33. The van der Waals surface area contributed by atoms with E-state index in [1.54, 1.807) is 24.3 Å². The average Bonchev–Trinajstić information content (AvgIpc) is 3.31. The van der Waals surface area contributed by atoms with Gasteiger partial charge in [-0.1, -0.05) is 42.5 Å². The van der Waals surface area contributed by atoms with E-state index in [1.807, 2.05) is 30.3 Å². The summed E-state index contributed by atoms with van der Waals surface area (Å²) in [6.07, 6.45) is -2.40. The molecule has 2 heterocycles. The number of ketones is 1. The molecule has 0 spiro atoms. The maximum Gasteiger partial charge on any atom is 0.414 e. The first kappa shape index (κ1) is 25.8. The summed E-state index contributed by atoms with van der Waals surface area (Å²) in [4.78, 5) is 38.6. The molecule has 3 aromatic rings. The molecule has 0 aliphatic carbocycles. The number of hydrogen-bond donors (Lipinski definition) is 1. The molecule has 2 amide bonds. The van der Waals surface area contributed by atoms with E-state index in [9.17, 15) is 24.0 Å². The minimum absolute atomic E-state index is 0.0128. The molecule has 10 heteroatoms. The number of Topliss-reactive ketones (excluding diaryl/α,β-unsaturated/α-hetero) is 1. The lowest BCUT2D eigenvalue weighted by Crippen LogP contribution is -2.35. The number of anilines is 1. The van der Waals surface area contributed by atoms with Crippen molar-refractivity contribution in [1.29, 1.82) is 0 Å². The number of hydroxylamine groups is 2. The fourth-order valence-electron chi connectivity index (χ4n) is 4.68. The monoisotopic (exact) mass is 520 g/mol. The topological polar surface area (TPSA) is 111 Å². The van der Waals surface area contributed by atoms with Gasteiger partial charge in [0.1, 0.15) is 11.9 Å². The lowest BCUT2D eigenvalue weighted by molar-refractivity contribution is -0.129. The zero-order valence-corrected chi connectivity index (χ0v) is 20.6. The van der Waals surface area contributed by atoms with Crippen LogP contribution in [-0.2, 0) is 14.3 Å². The molecule has 38 heavy (non-hydrogen) atoms. The summed E-state index contributed by atoms with van der Waals surface area (Å²) < 4.78 is 25.6. The zero-order valence-electron chi connectivity index (χ0n) is 20.6. The van der Waals surface area contributed by atoms with E-state index in [1.165, 1.54) is 11.0 Å². The molecule has 0 radical (unpaired) electrons. The van der Waals surface area contributed by atoms with Gasteiger partial charge in [0.05, 0.1) is 24.9 Å². The molecule has 1 N–H and O–H groups in total. The van der Waals surface area contributed by atoms with Gasteiger partial charge in [-0.2, -0.15) is 0 Å². The third-order valence-electron chi connectivity index (χ3n) is 6.73. The predicted octanol–water partition coefficient (Wildman–Crippen LogP) is 3.95. The number of cyclic esters (lactones) is 1. The summed E-state index contributed by atoms with van der Waals surface area (Å²) in [6, 6.07) is 17.3. The number of halogens is 1. The van der Waals surface area contributed by atoms with Crippen molar-refractivity contribution in [3.8, 4) is 0 Å². The third kappa shape index (κ3) is 5.67. The Bertz CT molecular complexity index is 1360. The Hall–Kier alpha value is -3.86. The van der Waals surface area contributed by atoms with Crippen molar-refractivity contribution in [2.45, 2.75) is 25.0 Å². The number of rotatable bonds is 8. The van der Waals surface area contributed by atoms with E-state index >= 15 is 0 Å². The van der Waals surface area contributed by atoms with E-state index in [0.717, 1.165) is 10.8 Å². The second kappa shape index (κ2) is 11.3. The summed E-state index contributed by atoms with van der Waals surface area (Å²) in [5, 5.41) is 17.7. The van der Waals surface area contributed by atoms with Crippen LogP contribution in [0.1, 0.15) is 34.9 Å². The first-order valence-corrected chi connectivity index (χ1v) is 12.5. The SMILES string of the molecule is O=C(CCC(=O)N([O-])CC1CN(c2ccc(C3CNCCO3)c(F)c2)C(=O)O1)c1ccc2ccccc2c1. The van der Waals surface area contributed by atoms with Crippen molar-refractivity contribution >= 4 is 34.2 Å². The maximum atomic E-state index is 14.8. The van der Waals surface area contributed by atoms with Gasteiger partial charge in [0.2, 0.25) is 5.91 Å². The number of ether oxygens (including phenoxy) is 2. The highest BCUT2D eigenvalue weighted by Crippen LogP contribution is 2.28.